The highest BCUT2D eigenvalue weighted by Gasteiger charge is 2.10. The van der Waals surface area contributed by atoms with Crippen LogP contribution in [0, 0.1) is 6.92 Å². The standard InChI is InChI=1S/C13H12N4O/c1-7-3-4-8-9(5-7)12(18)17(2)11-10(8)6-15-13(14)16-11/h3-6H,1-2H3,(H2,14,15,16). The van der Waals surface area contributed by atoms with Gasteiger partial charge < -0.3 is 5.73 Å². The van der Waals surface area contributed by atoms with Gasteiger partial charge in [0.25, 0.3) is 5.56 Å². The summed E-state index contributed by atoms with van der Waals surface area (Å²) in [5.41, 5.74) is 7.11. The molecular formula is C13H12N4O. The van der Waals surface area contributed by atoms with E-state index in [1.54, 1.807) is 13.2 Å². The molecule has 0 saturated heterocycles. The Morgan fingerprint density at radius 2 is 2.00 bits per heavy atom. The molecule has 0 atom stereocenters. The molecule has 90 valence electrons. The van der Waals surface area contributed by atoms with Crippen LogP contribution in [0.15, 0.2) is 29.2 Å². The van der Waals surface area contributed by atoms with Gasteiger partial charge in [-0.15, -0.1) is 0 Å². The molecule has 5 nitrogen and oxygen atoms in total. The number of nitrogen functional groups attached to an aromatic ring is 1. The molecule has 2 heterocycles. The third-order valence-corrected chi connectivity index (χ3v) is 3.11. The van der Waals surface area contributed by atoms with Gasteiger partial charge in [-0.1, -0.05) is 17.7 Å². The molecule has 0 aliphatic carbocycles. The fraction of sp³-hybridized carbons (Fsp3) is 0.154. The fourth-order valence-electron chi connectivity index (χ4n) is 2.18. The van der Waals surface area contributed by atoms with Gasteiger partial charge in [-0.3, -0.25) is 9.36 Å². The van der Waals surface area contributed by atoms with Crippen LogP contribution in [0.5, 0.6) is 0 Å². The summed E-state index contributed by atoms with van der Waals surface area (Å²) in [6.45, 7) is 1.96. The molecular weight excluding hydrogens is 228 g/mol. The first-order valence-electron chi connectivity index (χ1n) is 5.59. The first-order chi connectivity index (χ1) is 8.58. The quantitative estimate of drug-likeness (QED) is 0.602. The van der Waals surface area contributed by atoms with Crippen LogP contribution in [0.4, 0.5) is 5.95 Å². The Morgan fingerprint density at radius 1 is 1.22 bits per heavy atom. The third kappa shape index (κ3) is 1.37. The SMILES string of the molecule is Cc1ccc2c(c1)c(=O)n(C)c1nc(N)ncc21. The Hall–Kier alpha value is -2.43. The lowest BCUT2D eigenvalue weighted by Gasteiger charge is -2.08. The maximum absolute atomic E-state index is 12.3. The lowest BCUT2D eigenvalue weighted by Crippen LogP contribution is -2.18. The second-order valence-electron chi connectivity index (χ2n) is 4.38. The number of benzene rings is 1. The average molecular weight is 240 g/mol. The van der Waals surface area contributed by atoms with Crippen molar-refractivity contribution in [1.29, 1.82) is 0 Å². The Bertz CT molecular complexity index is 836. The van der Waals surface area contributed by atoms with E-state index >= 15 is 0 Å². The smallest absolute Gasteiger partial charge is 0.259 e. The zero-order chi connectivity index (χ0) is 12.9. The van der Waals surface area contributed by atoms with Gasteiger partial charge in [-0.25, -0.2) is 4.98 Å². The normalized spacial score (nSPS) is 11.2. The van der Waals surface area contributed by atoms with E-state index in [0.717, 1.165) is 16.3 Å². The minimum Gasteiger partial charge on any atom is -0.368 e. The summed E-state index contributed by atoms with van der Waals surface area (Å²) >= 11 is 0. The molecule has 0 spiro atoms. The molecule has 0 fully saturated rings. The van der Waals surface area contributed by atoms with E-state index in [1.165, 1.54) is 4.57 Å². The van der Waals surface area contributed by atoms with Crippen molar-refractivity contribution in [3.8, 4) is 0 Å². The van der Waals surface area contributed by atoms with E-state index in [-0.39, 0.29) is 11.5 Å². The molecule has 0 unspecified atom stereocenters. The van der Waals surface area contributed by atoms with Crippen molar-refractivity contribution in [2.24, 2.45) is 7.05 Å². The summed E-state index contributed by atoms with van der Waals surface area (Å²) in [7, 11) is 1.69. The van der Waals surface area contributed by atoms with Crippen molar-refractivity contribution in [3.63, 3.8) is 0 Å². The zero-order valence-electron chi connectivity index (χ0n) is 10.1. The van der Waals surface area contributed by atoms with E-state index in [1.807, 2.05) is 25.1 Å². The molecule has 2 N–H and O–H groups in total. The summed E-state index contributed by atoms with van der Waals surface area (Å²) in [5, 5.41) is 2.37. The first-order valence-corrected chi connectivity index (χ1v) is 5.59. The average Bonchev–Trinajstić information content (AvgIpc) is 2.36. The lowest BCUT2D eigenvalue weighted by atomic mass is 10.1. The molecule has 18 heavy (non-hydrogen) atoms. The minimum absolute atomic E-state index is 0.0701. The predicted octanol–water partition coefficient (Wildman–Crippen LogP) is 1.37. The van der Waals surface area contributed by atoms with Gasteiger partial charge in [0.05, 0.1) is 0 Å². The Labute approximate surface area is 103 Å². The Kier molecular flexibility index (Phi) is 2.10. The van der Waals surface area contributed by atoms with E-state index in [2.05, 4.69) is 9.97 Å². The maximum atomic E-state index is 12.3. The van der Waals surface area contributed by atoms with Gasteiger partial charge >= 0.3 is 0 Å². The van der Waals surface area contributed by atoms with Crippen LogP contribution in [-0.2, 0) is 7.05 Å². The second kappa shape index (κ2) is 3.53. The maximum Gasteiger partial charge on any atom is 0.259 e. The minimum atomic E-state index is -0.0701. The van der Waals surface area contributed by atoms with Crippen molar-refractivity contribution < 1.29 is 0 Å². The van der Waals surface area contributed by atoms with E-state index < -0.39 is 0 Å². The predicted molar refractivity (Wildman–Crippen MR) is 71.4 cm³/mol. The number of nitrogens with two attached hydrogens (primary N) is 1. The van der Waals surface area contributed by atoms with Crippen LogP contribution >= 0.6 is 0 Å². The number of aromatic nitrogens is 3. The molecule has 3 rings (SSSR count). The summed E-state index contributed by atoms with van der Waals surface area (Å²) in [5.74, 6) is 0.170. The highest BCUT2D eigenvalue weighted by Crippen LogP contribution is 2.21. The molecule has 0 amide bonds. The molecule has 0 radical (unpaired) electrons. The number of rotatable bonds is 0. The van der Waals surface area contributed by atoms with Crippen LogP contribution in [0.2, 0.25) is 0 Å². The van der Waals surface area contributed by atoms with Crippen LogP contribution in [-0.4, -0.2) is 14.5 Å². The molecule has 5 heteroatoms. The van der Waals surface area contributed by atoms with Crippen molar-refractivity contribution in [1.82, 2.24) is 14.5 Å². The molecule has 2 aromatic heterocycles. The van der Waals surface area contributed by atoms with E-state index in [9.17, 15) is 4.79 Å². The Balaban J connectivity index is 2.66. The number of nitrogens with zero attached hydrogens (tertiary/aromatic N) is 3. The lowest BCUT2D eigenvalue weighted by molar-refractivity contribution is 0.896. The van der Waals surface area contributed by atoms with Crippen molar-refractivity contribution >= 4 is 27.8 Å². The Morgan fingerprint density at radius 3 is 2.78 bits per heavy atom. The molecule has 3 aromatic rings. The first kappa shape index (κ1) is 10.7. The number of anilines is 1. The number of fused-ring (bicyclic) bond motifs is 3. The van der Waals surface area contributed by atoms with Gasteiger partial charge in [0.1, 0.15) is 5.65 Å². The fourth-order valence-corrected chi connectivity index (χ4v) is 2.18. The van der Waals surface area contributed by atoms with E-state index in [0.29, 0.717) is 11.0 Å². The number of hydrogen-bond donors (Lipinski definition) is 1. The van der Waals surface area contributed by atoms with Gasteiger partial charge in [0.2, 0.25) is 5.95 Å². The van der Waals surface area contributed by atoms with Gasteiger partial charge in [0, 0.05) is 24.0 Å². The summed E-state index contributed by atoms with van der Waals surface area (Å²) in [4.78, 5) is 20.4. The number of hydrogen-bond acceptors (Lipinski definition) is 4. The third-order valence-electron chi connectivity index (χ3n) is 3.11. The van der Waals surface area contributed by atoms with Gasteiger partial charge in [-0.05, 0) is 18.4 Å². The van der Waals surface area contributed by atoms with Gasteiger partial charge in [0.15, 0.2) is 0 Å². The van der Waals surface area contributed by atoms with Crippen LogP contribution < -0.4 is 11.3 Å². The van der Waals surface area contributed by atoms with Crippen molar-refractivity contribution in [2.45, 2.75) is 6.92 Å². The molecule has 0 bridgehead atoms. The van der Waals surface area contributed by atoms with Crippen LogP contribution in [0.1, 0.15) is 5.56 Å². The zero-order valence-corrected chi connectivity index (χ0v) is 10.1. The van der Waals surface area contributed by atoms with Crippen molar-refractivity contribution in [2.75, 3.05) is 5.73 Å². The molecule has 0 saturated carbocycles. The second-order valence-corrected chi connectivity index (χ2v) is 4.38. The highest BCUT2D eigenvalue weighted by atomic mass is 16.1. The number of pyridine rings is 1. The summed E-state index contributed by atoms with van der Waals surface area (Å²) in [6, 6.07) is 5.78. The molecule has 1 aromatic carbocycles. The topological polar surface area (TPSA) is 73.8 Å². The van der Waals surface area contributed by atoms with Gasteiger partial charge in [-0.2, -0.15) is 4.98 Å². The monoisotopic (exact) mass is 240 g/mol. The molecule has 0 aliphatic heterocycles. The van der Waals surface area contributed by atoms with Crippen LogP contribution in [0.3, 0.4) is 0 Å². The summed E-state index contributed by atoms with van der Waals surface area (Å²) in [6.07, 6.45) is 1.66. The highest BCUT2D eigenvalue weighted by molar-refractivity contribution is 6.04. The van der Waals surface area contributed by atoms with Crippen LogP contribution in [0.25, 0.3) is 21.8 Å². The molecule has 0 aliphatic rings. The van der Waals surface area contributed by atoms with E-state index in [4.69, 9.17) is 5.73 Å². The largest absolute Gasteiger partial charge is 0.368 e. The summed E-state index contributed by atoms with van der Waals surface area (Å²) < 4.78 is 1.51. The number of aryl methyl sites for hydroxylation is 2. The van der Waals surface area contributed by atoms with Crippen molar-refractivity contribution in [3.05, 3.63) is 40.3 Å².